The number of nitrogens with zero attached hydrogens (tertiary/aromatic N) is 1. The summed E-state index contributed by atoms with van der Waals surface area (Å²) in [6.45, 7) is 1.92. The molecule has 0 atom stereocenters. The van der Waals surface area contributed by atoms with Gasteiger partial charge in [-0.2, -0.15) is 0 Å². The SMILES string of the molecule is Cc1nc(NC(=O)c2cccc(I)c2)ccc1I. The fourth-order valence-electron chi connectivity index (χ4n) is 1.43. The van der Waals surface area contributed by atoms with Crippen LogP contribution in [0, 0.1) is 14.1 Å². The molecular weight excluding hydrogens is 454 g/mol. The predicted molar refractivity (Wildman–Crippen MR) is 88.8 cm³/mol. The highest BCUT2D eigenvalue weighted by molar-refractivity contribution is 14.1. The van der Waals surface area contributed by atoms with Crippen LogP contribution in [0.1, 0.15) is 16.1 Å². The van der Waals surface area contributed by atoms with Crippen molar-refractivity contribution < 1.29 is 4.79 Å². The lowest BCUT2D eigenvalue weighted by molar-refractivity contribution is 0.102. The van der Waals surface area contributed by atoms with Crippen molar-refractivity contribution in [3.63, 3.8) is 0 Å². The summed E-state index contributed by atoms with van der Waals surface area (Å²) in [4.78, 5) is 16.3. The van der Waals surface area contributed by atoms with Crippen LogP contribution in [-0.2, 0) is 0 Å². The summed E-state index contributed by atoms with van der Waals surface area (Å²) < 4.78 is 2.12. The van der Waals surface area contributed by atoms with E-state index in [1.165, 1.54) is 0 Å². The van der Waals surface area contributed by atoms with Crippen molar-refractivity contribution >= 4 is 56.9 Å². The Morgan fingerprint density at radius 3 is 2.67 bits per heavy atom. The van der Waals surface area contributed by atoms with Gasteiger partial charge < -0.3 is 5.32 Å². The summed E-state index contributed by atoms with van der Waals surface area (Å²) in [5, 5.41) is 2.80. The molecule has 0 saturated carbocycles. The molecule has 2 aromatic rings. The molecule has 0 saturated heterocycles. The highest BCUT2D eigenvalue weighted by atomic mass is 127. The highest BCUT2D eigenvalue weighted by Crippen LogP contribution is 2.14. The number of benzene rings is 1. The molecule has 0 aliphatic carbocycles. The van der Waals surface area contributed by atoms with Gasteiger partial charge in [0.1, 0.15) is 5.82 Å². The fourth-order valence-corrected chi connectivity index (χ4v) is 2.28. The van der Waals surface area contributed by atoms with E-state index < -0.39 is 0 Å². The average Bonchev–Trinajstić information content (AvgIpc) is 2.34. The second-order valence-electron chi connectivity index (χ2n) is 3.73. The van der Waals surface area contributed by atoms with Gasteiger partial charge in [-0.25, -0.2) is 4.98 Å². The first-order valence-corrected chi connectivity index (χ1v) is 7.42. The van der Waals surface area contributed by atoms with E-state index in [2.05, 4.69) is 55.5 Å². The van der Waals surface area contributed by atoms with Crippen LogP contribution in [0.2, 0.25) is 0 Å². The number of carbonyl (C=O) groups is 1. The molecule has 3 nitrogen and oxygen atoms in total. The number of halogens is 2. The van der Waals surface area contributed by atoms with Crippen LogP contribution in [0.4, 0.5) is 5.82 Å². The van der Waals surface area contributed by atoms with Gasteiger partial charge in [0.25, 0.3) is 5.91 Å². The largest absolute Gasteiger partial charge is 0.307 e. The van der Waals surface area contributed by atoms with Crippen molar-refractivity contribution in [2.45, 2.75) is 6.92 Å². The van der Waals surface area contributed by atoms with Gasteiger partial charge in [-0.1, -0.05) is 6.07 Å². The third kappa shape index (κ3) is 3.41. The molecule has 1 aromatic heterocycles. The number of aryl methyl sites for hydroxylation is 1. The number of hydrogen-bond donors (Lipinski definition) is 1. The summed E-state index contributed by atoms with van der Waals surface area (Å²) in [7, 11) is 0. The zero-order valence-corrected chi connectivity index (χ0v) is 13.9. The lowest BCUT2D eigenvalue weighted by atomic mass is 10.2. The van der Waals surface area contributed by atoms with Crippen molar-refractivity contribution in [1.82, 2.24) is 4.98 Å². The van der Waals surface area contributed by atoms with Crippen molar-refractivity contribution in [3.8, 4) is 0 Å². The molecule has 0 aliphatic rings. The van der Waals surface area contributed by atoms with E-state index in [1.807, 2.05) is 31.2 Å². The summed E-state index contributed by atoms with van der Waals surface area (Å²) in [6.07, 6.45) is 0. The van der Waals surface area contributed by atoms with Crippen LogP contribution in [0.3, 0.4) is 0 Å². The Balaban J connectivity index is 2.18. The molecule has 1 amide bonds. The van der Waals surface area contributed by atoms with Crippen molar-refractivity contribution in [1.29, 1.82) is 0 Å². The van der Waals surface area contributed by atoms with Gasteiger partial charge in [-0.3, -0.25) is 4.79 Å². The summed E-state index contributed by atoms with van der Waals surface area (Å²) >= 11 is 4.40. The smallest absolute Gasteiger partial charge is 0.256 e. The summed E-state index contributed by atoms with van der Waals surface area (Å²) in [5.74, 6) is 0.443. The van der Waals surface area contributed by atoms with Gasteiger partial charge in [-0.05, 0) is 82.4 Å². The first-order valence-electron chi connectivity index (χ1n) is 5.26. The molecule has 0 aliphatic heterocycles. The van der Waals surface area contributed by atoms with Crippen molar-refractivity contribution in [2.24, 2.45) is 0 Å². The summed E-state index contributed by atoms with van der Waals surface area (Å²) in [5.41, 5.74) is 1.55. The topological polar surface area (TPSA) is 42.0 Å². The Morgan fingerprint density at radius 1 is 1.22 bits per heavy atom. The Morgan fingerprint density at radius 2 is 2.00 bits per heavy atom. The monoisotopic (exact) mass is 464 g/mol. The standard InChI is InChI=1S/C13H10I2N2O/c1-8-11(15)5-6-12(16-8)17-13(18)9-3-2-4-10(14)7-9/h2-7H,1H3,(H,16,17,18). The molecule has 0 radical (unpaired) electrons. The lowest BCUT2D eigenvalue weighted by Gasteiger charge is -2.06. The first-order chi connectivity index (χ1) is 8.56. The molecule has 1 N–H and O–H groups in total. The summed E-state index contributed by atoms with van der Waals surface area (Å²) in [6, 6.07) is 11.2. The van der Waals surface area contributed by atoms with Crippen LogP contribution in [0.5, 0.6) is 0 Å². The number of hydrogen-bond acceptors (Lipinski definition) is 2. The molecule has 2 rings (SSSR count). The number of rotatable bonds is 2. The number of amides is 1. The minimum Gasteiger partial charge on any atom is -0.307 e. The maximum Gasteiger partial charge on any atom is 0.256 e. The second kappa shape index (κ2) is 5.96. The molecule has 1 aromatic carbocycles. The molecule has 18 heavy (non-hydrogen) atoms. The maximum absolute atomic E-state index is 12.0. The van der Waals surface area contributed by atoms with E-state index in [-0.39, 0.29) is 5.91 Å². The third-order valence-electron chi connectivity index (χ3n) is 2.35. The van der Waals surface area contributed by atoms with E-state index in [9.17, 15) is 4.79 Å². The third-order valence-corrected chi connectivity index (χ3v) is 4.16. The molecule has 0 bridgehead atoms. The van der Waals surface area contributed by atoms with Crippen LogP contribution in [0.15, 0.2) is 36.4 Å². The van der Waals surface area contributed by atoms with Crippen LogP contribution in [-0.4, -0.2) is 10.9 Å². The van der Waals surface area contributed by atoms with Gasteiger partial charge in [0.05, 0.1) is 5.69 Å². The Hall–Kier alpha value is -0.700. The zero-order chi connectivity index (χ0) is 13.1. The average molecular weight is 464 g/mol. The molecule has 1 heterocycles. The number of nitrogens with one attached hydrogen (secondary N) is 1. The maximum atomic E-state index is 12.0. The fraction of sp³-hybridized carbons (Fsp3) is 0.0769. The minimum absolute atomic E-state index is 0.137. The Labute approximate surface area is 133 Å². The van der Waals surface area contributed by atoms with E-state index in [0.717, 1.165) is 12.8 Å². The van der Waals surface area contributed by atoms with E-state index in [0.29, 0.717) is 11.4 Å². The number of pyridine rings is 1. The molecule has 0 fully saturated rings. The lowest BCUT2D eigenvalue weighted by Crippen LogP contribution is -2.13. The van der Waals surface area contributed by atoms with Gasteiger partial charge in [0.2, 0.25) is 0 Å². The zero-order valence-electron chi connectivity index (χ0n) is 9.58. The van der Waals surface area contributed by atoms with Gasteiger partial charge >= 0.3 is 0 Å². The Bertz CT molecular complexity index is 599. The van der Waals surface area contributed by atoms with E-state index in [4.69, 9.17) is 0 Å². The van der Waals surface area contributed by atoms with Crippen LogP contribution < -0.4 is 5.32 Å². The first kappa shape index (κ1) is 13.7. The molecule has 0 spiro atoms. The predicted octanol–water partition coefficient (Wildman–Crippen LogP) is 3.85. The van der Waals surface area contributed by atoms with Crippen molar-refractivity contribution in [2.75, 3.05) is 5.32 Å². The van der Waals surface area contributed by atoms with Gasteiger partial charge in [-0.15, -0.1) is 0 Å². The number of aromatic nitrogens is 1. The quantitative estimate of drug-likeness (QED) is 0.687. The van der Waals surface area contributed by atoms with E-state index in [1.54, 1.807) is 12.1 Å². The second-order valence-corrected chi connectivity index (χ2v) is 6.14. The molecular formula is C13H10I2N2O. The molecule has 92 valence electrons. The highest BCUT2D eigenvalue weighted by Gasteiger charge is 2.07. The van der Waals surface area contributed by atoms with Crippen LogP contribution in [0.25, 0.3) is 0 Å². The van der Waals surface area contributed by atoms with E-state index >= 15 is 0 Å². The molecule has 5 heteroatoms. The number of carbonyl (C=O) groups excluding carboxylic acids is 1. The van der Waals surface area contributed by atoms with Gasteiger partial charge in [0.15, 0.2) is 0 Å². The normalized spacial score (nSPS) is 10.2. The Kier molecular flexibility index (Phi) is 4.55. The van der Waals surface area contributed by atoms with Gasteiger partial charge in [0, 0.05) is 12.7 Å². The number of anilines is 1. The van der Waals surface area contributed by atoms with Crippen molar-refractivity contribution in [3.05, 3.63) is 54.8 Å². The minimum atomic E-state index is -0.137. The van der Waals surface area contributed by atoms with Crippen LogP contribution >= 0.6 is 45.2 Å². The molecule has 0 unspecified atom stereocenters.